The smallest absolute Gasteiger partial charge is 0.312 e. The number of anilines is 1. The molecule has 2 rings (SSSR count). The lowest BCUT2D eigenvalue weighted by atomic mass is 10.2. The molecule has 0 fully saturated rings. The molecule has 20 heavy (non-hydrogen) atoms. The first-order chi connectivity index (χ1) is 9.43. The van der Waals surface area contributed by atoms with Crippen molar-refractivity contribution in [1.29, 1.82) is 5.26 Å². The predicted octanol–water partition coefficient (Wildman–Crippen LogP) is 0.578. The summed E-state index contributed by atoms with van der Waals surface area (Å²) < 4.78 is 1.92. The van der Waals surface area contributed by atoms with E-state index in [1.807, 2.05) is 13.8 Å². The molecule has 2 heterocycles. The second-order valence-corrected chi connectivity index (χ2v) is 4.55. The molecule has 2 aromatic heterocycles. The van der Waals surface area contributed by atoms with Gasteiger partial charge in [0.1, 0.15) is 18.0 Å². The Hall–Kier alpha value is -2.88. The average molecular weight is 271 g/mol. The standard InChI is InChI=1S/C13H13N5O2/c1-8(2)17-6-9(3-4-12(17)19)11-7-18(20)13(15)10(5-14)16-11/h3-4,6-8H,15H2,1-2H3. The number of nitrogens with two attached hydrogens (primary N) is 1. The van der Waals surface area contributed by atoms with E-state index in [0.717, 1.165) is 0 Å². The van der Waals surface area contributed by atoms with Crippen molar-refractivity contribution in [3.05, 3.63) is 45.8 Å². The molecule has 0 aromatic carbocycles. The molecule has 102 valence electrons. The molecule has 0 amide bonds. The minimum absolute atomic E-state index is 0.0222. The van der Waals surface area contributed by atoms with Gasteiger partial charge in [-0.2, -0.15) is 5.26 Å². The molecule has 0 unspecified atom stereocenters. The first-order valence-corrected chi connectivity index (χ1v) is 5.96. The van der Waals surface area contributed by atoms with Gasteiger partial charge in [0.2, 0.25) is 5.69 Å². The average Bonchev–Trinajstić information content (AvgIpc) is 2.42. The zero-order valence-electron chi connectivity index (χ0n) is 11.1. The highest BCUT2D eigenvalue weighted by molar-refractivity contribution is 5.58. The molecular formula is C13H13N5O2. The van der Waals surface area contributed by atoms with Crippen molar-refractivity contribution in [3.63, 3.8) is 0 Å². The Morgan fingerprint density at radius 2 is 2.20 bits per heavy atom. The monoisotopic (exact) mass is 271 g/mol. The van der Waals surface area contributed by atoms with Crippen LogP contribution in [-0.4, -0.2) is 9.55 Å². The molecule has 7 heteroatoms. The van der Waals surface area contributed by atoms with Gasteiger partial charge < -0.3 is 9.77 Å². The highest BCUT2D eigenvalue weighted by Crippen LogP contribution is 2.17. The lowest BCUT2D eigenvalue weighted by molar-refractivity contribution is -0.589. The van der Waals surface area contributed by atoms with Gasteiger partial charge in [-0.05, 0) is 19.9 Å². The van der Waals surface area contributed by atoms with E-state index in [9.17, 15) is 10.0 Å². The third-order valence-corrected chi connectivity index (χ3v) is 2.85. The summed E-state index contributed by atoms with van der Waals surface area (Å²) in [6.07, 6.45) is 2.79. The maximum Gasteiger partial charge on any atom is 0.312 e. The van der Waals surface area contributed by atoms with E-state index in [1.165, 1.54) is 16.8 Å². The first-order valence-electron chi connectivity index (χ1n) is 5.96. The minimum atomic E-state index is -0.242. The van der Waals surface area contributed by atoms with Gasteiger partial charge in [0.05, 0.1) is 0 Å². The normalized spacial score (nSPS) is 10.5. The van der Waals surface area contributed by atoms with Gasteiger partial charge in [-0.1, -0.05) is 0 Å². The number of hydrogen-bond donors (Lipinski definition) is 1. The summed E-state index contributed by atoms with van der Waals surface area (Å²) in [5.74, 6) is -0.242. The van der Waals surface area contributed by atoms with Gasteiger partial charge in [-0.25, -0.2) is 9.71 Å². The maximum absolute atomic E-state index is 11.7. The fourth-order valence-electron chi connectivity index (χ4n) is 1.77. The van der Waals surface area contributed by atoms with Crippen molar-refractivity contribution < 1.29 is 4.73 Å². The van der Waals surface area contributed by atoms with Crippen LogP contribution in [0.4, 0.5) is 5.82 Å². The molecule has 0 spiro atoms. The highest BCUT2D eigenvalue weighted by atomic mass is 16.5. The zero-order valence-corrected chi connectivity index (χ0v) is 11.1. The van der Waals surface area contributed by atoms with E-state index in [2.05, 4.69) is 4.98 Å². The number of rotatable bonds is 2. The Morgan fingerprint density at radius 3 is 2.80 bits per heavy atom. The van der Waals surface area contributed by atoms with Crippen LogP contribution in [0.15, 0.2) is 29.3 Å². The Balaban J connectivity index is 2.64. The highest BCUT2D eigenvalue weighted by Gasteiger charge is 2.13. The molecule has 0 atom stereocenters. The Bertz CT molecular complexity index is 758. The SMILES string of the molecule is CC(C)n1cc(-c2c[n+]([O-])c(N)c(C#N)n2)ccc1=O. The van der Waals surface area contributed by atoms with Gasteiger partial charge in [0.15, 0.2) is 0 Å². The van der Waals surface area contributed by atoms with Crippen LogP contribution in [0.25, 0.3) is 11.3 Å². The van der Waals surface area contributed by atoms with Gasteiger partial charge in [-0.15, -0.1) is 0 Å². The fourth-order valence-corrected chi connectivity index (χ4v) is 1.77. The maximum atomic E-state index is 11.7. The molecule has 7 nitrogen and oxygen atoms in total. The lowest BCUT2D eigenvalue weighted by Gasteiger charge is -2.12. The topological polar surface area (TPSA) is 112 Å². The summed E-state index contributed by atoms with van der Waals surface area (Å²) in [6, 6.07) is 4.70. The molecule has 0 radical (unpaired) electrons. The van der Waals surface area contributed by atoms with E-state index < -0.39 is 0 Å². The van der Waals surface area contributed by atoms with Crippen LogP contribution in [0, 0.1) is 16.5 Å². The fraction of sp³-hybridized carbons (Fsp3) is 0.231. The van der Waals surface area contributed by atoms with Crippen LogP contribution in [0.2, 0.25) is 0 Å². The minimum Gasteiger partial charge on any atom is -0.710 e. The summed E-state index contributed by atoms with van der Waals surface area (Å²) in [5.41, 5.74) is 6.03. The number of nitrogens with zero attached hydrogens (tertiary/aromatic N) is 4. The van der Waals surface area contributed by atoms with Crippen LogP contribution >= 0.6 is 0 Å². The summed E-state index contributed by atoms with van der Waals surface area (Å²) in [6.45, 7) is 3.74. The molecule has 2 aromatic rings. The molecule has 0 saturated carbocycles. The van der Waals surface area contributed by atoms with Crippen molar-refractivity contribution in [2.75, 3.05) is 5.73 Å². The van der Waals surface area contributed by atoms with Crippen LogP contribution in [0.1, 0.15) is 25.6 Å². The van der Waals surface area contributed by atoms with Gasteiger partial charge in [-0.3, -0.25) is 10.5 Å². The molecular weight excluding hydrogens is 258 g/mol. The Kier molecular flexibility index (Phi) is 3.39. The van der Waals surface area contributed by atoms with E-state index in [-0.39, 0.29) is 23.1 Å². The van der Waals surface area contributed by atoms with Crippen molar-refractivity contribution in [3.8, 4) is 17.3 Å². The van der Waals surface area contributed by atoms with Crippen molar-refractivity contribution in [2.24, 2.45) is 0 Å². The number of nitriles is 1. The van der Waals surface area contributed by atoms with Gasteiger partial charge in [0, 0.05) is 23.9 Å². The van der Waals surface area contributed by atoms with Crippen LogP contribution in [0.5, 0.6) is 0 Å². The van der Waals surface area contributed by atoms with Crippen LogP contribution < -0.4 is 16.0 Å². The number of aromatic nitrogens is 3. The predicted molar refractivity (Wildman–Crippen MR) is 72.4 cm³/mol. The number of pyridine rings is 1. The number of hydrogen-bond acceptors (Lipinski definition) is 5. The molecule has 0 bridgehead atoms. The second kappa shape index (κ2) is 5.01. The molecule has 0 saturated heterocycles. The second-order valence-electron chi connectivity index (χ2n) is 4.55. The summed E-state index contributed by atoms with van der Waals surface area (Å²) in [7, 11) is 0. The third-order valence-electron chi connectivity index (χ3n) is 2.85. The lowest BCUT2D eigenvalue weighted by Crippen LogP contribution is -2.32. The number of nitrogen functional groups attached to an aromatic ring is 1. The van der Waals surface area contributed by atoms with E-state index >= 15 is 0 Å². The van der Waals surface area contributed by atoms with Crippen molar-refractivity contribution in [1.82, 2.24) is 9.55 Å². The first kappa shape index (κ1) is 13.5. The molecule has 0 aliphatic carbocycles. The molecule has 0 aliphatic heterocycles. The summed E-state index contributed by atoms with van der Waals surface area (Å²) >= 11 is 0. The largest absolute Gasteiger partial charge is 0.710 e. The van der Waals surface area contributed by atoms with Gasteiger partial charge >= 0.3 is 5.82 Å². The Morgan fingerprint density at radius 1 is 1.50 bits per heavy atom. The summed E-state index contributed by atoms with van der Waals surface area (Å²) in [5, 5.41) is 20.5. The van der Waals surface area contributed by atoms with E-state index in [0.29, 0.717) is 16.0 Å². The molecule has 0 aliphatic rings. The van der Waals surface area contributed by atoms with Crippen LogP contribution in [0.3, 0.4) is 0 Å². The quantitative estimate of drug-likeness (QED) is 0.634. The summed E-state index contributed by atoms with van der Waals surface area (Å²) in [4.78, 5) is 15.7. The van der Waals surface area contributed by atoms with E-state index in [1.54, 1.807) is 18.3 Å². The van der Waals surface area contributed by atoms with Crippen LogP contribution in [-0.2, 0) is 0 Å². The van der Waals surface area contributed by atoms with Gasteiger partial charge in [0.25, 0.3) is 5.56 Å². The third kappa shape index (κ3) is 2.31. The van der Waals surface area contributed by atoms with E-state index in [4.69, 9.17) is 11.0 Å². The molecule has 2 N–H and O–H groups in total. The zero-order chi connectivity index (χ0) is 14.9. The van der Waals surface area contributed by atoms with Crippen molar-refractivity contribution >= 4 is 5.82 Å². The Labute approximate surface area is 115 Å². The van der Waals surface area contributed by atoms with Crippen molar-refractivity contribution in [2.45, 2.75) is 19.9 Å².